The first kappa shape index (κ1) is 15.9. The monoisotopic (exact) mass is 362 g/mol. The van der Waals surface area contributed by atoms with Crippen LogP contribution in [-0.4, -0.2) is 0 Å². The van der Waals surface area contributed by atoms with Crippen LogP contribution in [0.1, 0.15) is 17.2 Å². The molecule has 0 bridgehead atoms. The van der Waals surface area contributed by atoms with E-state index in [-0.39, 0.29) is 22.0 Å². The second-order valence-electron chi connectivity index (χ2n) is 4.39. The van der Waals surface area contributed by atoms with Gasteiger partial charge in [-0.3, -0.25) is 11.3 Å². The zero-order valence-electron chi connectivity index (χ0n) is 10.6. The van der Waals surface area contributed by atoms with Crippen LogP contribution in [0.4, 0.5) is 17.6 Å². The van der Waals surface area contributed by atoms with Crippen LogP contribution >= 0.6 is 15.9 Å². The molecule has 0 amide bonds. The minimum Gasteiger partial charge on any atom is -0.271 e. The molecule has 3 N–H and O–H groups in total. The Morgan fingerprint density at radius 2 is 1.71 bits per heavy atom. The predicted octanol–water partition coefficient (Wildman–Crippen LogP) is 3.75. The number of hydrogen-bond acceptors (Lipinski definition) is 2. The van der Waals surface area contributed by atoms with Gasteiger partial charge in [0.1, 0.15) is 11.6 Å². The summed E-state index contributed by atoms with van der Waals surface area (Å²) in [5.41, 5.74) is 1.86. The number of hydrazine groups is 1. The van der Waals surface area contributed by atoms with Gasteiger partial charge < -0.3 is 0 Å². The van der Waals surface area contributed by atoms with Crippen molar-refractivity contribution in [1.29, 1.82) is 0 Å². The highest BCUT2D eigenvalue weighted by molar-refractivity contribution is 9.10. The number of rotatable bonds is 4. The molecule has 0 radical (unpaired) electrons. The second-order valence-corrected chi connectivity index (χ2v) is 5.25. The van der Waals surface area contributed by atoms with E-state index < -0.39 is 29.3 Å². The van der Waals surface area contributed by atoms with Gasteiger partial charge in [0.15, 0.2) is 11.6 Å². The molecule has 2 aromatic carbocycles. The Kier molecular flexibility index (Phi) is 4.97. The van der Waals surface area contributed by atoms with Crippen LogP contribution in [0.5, 0.6) is 0 Å². The van der Waals surface area contributed by atoms with Crippen molar-refractivity contribution in [3.8, 4) is 0 Å². The molecule has 0 spiro atoms. The van der Waals surface area contributed by atoms with Gasteiger partial charge in [0.2, 0.25) is 0 Å². The Balaban J connectivity index is 2.42. The lowest BCUT2D eigenvalue weighted by Crippen LogP contribution is -2.31. The van der Waals surface area contributed by atoms with E-state index in [1.165, 1.54) is 18.2 Å². The van der Waals surface area contributed by atoms with Crippen LogP contribution in [-0.2, 0) is 6.42 Å². The van der Waals surface area contributed by atoms with Gasteiger partial charge in [0.25, 0.3) is 0 Å². The van der Waals surface area contributed by atoms with Crippen LogP contribution in [0.25, 0.3) is 0 Å². The fourth-order valence-corrected chi connectivity index (χ4v) is 2.38. The van der Waals surface area contributed by atoms with Gasteiger partial charge in [-0.1, -0.05) is 12.1 Å². The lowest BCUT2D eigenvalue weighted by molar-refractivity contribution is 0.453. The molecule has 1 unspecified atom stereocenters. The Morgan fingerprint density at radius 3 is 2.38 bits per heavy atom. The average molecular weight is 363 g/mol. The van der Waals surface area contributed by atoms with E-state index >= 15 is 0 Å². The van der Waals surface area contributed by atoms with Crippen LogP contribution in [0.15, 0.2) is 34.8 Å². The standard InChI is InChI=1S/C14H11BrF4N2/c15-8-4-5-9(16)12(14(8)19)11(21-20)6-7-2-1-3-10(17)13(7)18/h1-5,11,21H,6,20H2. The molecule has 0 saturated carbocycles. The number of benzene rings is 2. The minimum absolute atomic E-state index is 0.0308. The van der Waals surface area contributed by atoms with Gasteiger partial charge >= 0.3 is 0 Å². The maximum Gasteiger partial charge on any atom is 0.162 e. The van der Waals surface area contributed by atoms with Crippen molar-refractivity contribution in [2.24, 2.45) is 5.84 Å². The molecule has 0 aromatic heterocycles. The highest BCUT2D eigenvalue weighted by atomic mass is 79.9. The number of nitrogens with one attached hydrogen (secondary N) is 1. The summed E-state index contributed by atoms with van der Waals surface area (Å²) >= 11 is 2.94. The Labute approximate surface area is 127 Å². The lowest BCUT2D eigenvalue weighted by atomic mass is 9.98. The molecule has 0 aliphatic rings. The van der Waals surface area contributed by atoms with Crippen LogP contribution in [0.2, 0.25) is 0 Å². The van der Waals surface area contributed by atoms with E-state index in [1.807, 2.05) is 0 Å². The summed E-state index contributed by atoms with van der Waals surface area (Å²) in [5, 5.41) is 0. The van der Waals surface area contributed by atoms with Crippen molar-refractivity contribution in [3.63, 3.8) is 0 Å². The van der Waals surface area contributed by atoms with Crippen molar-refractivity contribution < 1.29 is 17.6 Å². The summed E-state index contributed by atoms with van der Waals surface area (Å²) in [6.45, 7) is 0. The zero-order valence-corrected chi connectivity index (χ0v) is 12.2. The predicted molar refractivity (Wildman–Crippen MR) is 74.2 cm³/mol. The quantitative estimate of drug-likeness (QED) is 0.376. The van der Waals surface area contributed by atoms with Gasteiger partial charge in [0.05, 0.1) is 10.5 Å². The molecule has 0 saturated heterocycles. The summed E-state index contributed by atoms with van der Waals surface area (Å²) in [6.07, 6.45) is -0.204. The van der Waals surface area contributed by atoms with Crippen molar-refractivity contribution >= 4 is 15.9 Å². The number of hydrogen-bond donors (Lipinski definition) is 2. The summed E-state index contributed by atoms with van der Waals surface area (Å²) in [4.78, 5) is 0. The fraction of sp³-hybridized carbons (Fsp3) is 0.143. The maximum atomic E-state index is 14.0. The molecule has 2 aromatic rings. The molecule has 2 rings (SSSR count). The molecule has 2 nitrogen and oxygen atoms in total. The Hall–Kier alpha value is -1.44. The molecule has 21 heavy (non-hydrogen) atoms. The molecule has 112 valence electrons. The van der Waals surface area contributed by atoms with E-state index in [0.29, 0.717) is 0 Å². The van der Waals surface area contributed by atoms with E-state index in [1.54, 1.807) is 0 Å². The molecule has 0 aliphatic carbocycles. The Bertz CT molecular complexity index is 664. The van der Waals surface area contributed by atoms with Gasteiger partial charge in [-0.15, -0.1) is 0 Å². The summed E-state index contributed by atoms with van der Waals surface area (Å²) in [6, 6.07) is 4.84. The lowest BCUT2D eigenvalue weighted by Gasteiger charge is -2.19. The first-order valence-corrected chi connectivity index (χ1v) is 6.77. The molecule has 7 heteroatoms. The third-order valence-corrected chi connectivity index (χ3v) is 3.70. The van der Waals surface area contributed by atoms with E-state index in [2.05, 4.69) is 21.4 Å². The van der Waals surface area contributed by atoms with Gasteiger partial charge in [-0.25, -0.2) is 17.6 Å². The summed E-state index contributed by atoms with van der Waals surface area (Å²) < 4.78 is 54.7. The zero-order chi connectivity index (χ0) is 15.6. The number of nitrogens with two attached hydrogens (primary N) is 1. The fourth-order valence-electron chi connectivity index (χ4n) is 2.03. The van der Waals surface area contributed by atoms with Gasteiger partial charge in [-0.2, -0.15) is 0 Å². The normalized spacial score (nSPS) is 12.5. The highest BCUT2D eigenvalue weighted by Crippen LogP contribution is 2.29. The first-order chi connectivity index (χ1) is 9.95. The molecule has 0 heterocycles. The van der Waals surface area contributed by atoms with Gasteiger partial charge in [-0.05, 0) is 46.1 Å². The first-order valence-electron chi connectivity index (χ1n) is 5.98. The van der Waals surface area contributed by atoms with Crippen molar-refractivity contribution in [3.05, 3.63) is 69.2 Å². The van der Waals surface area contributed by atoms with Crippen molar-refractivity contribution in [2.45, 2.75) is 12.5 Å². The Morgan fingerprint density at radius 1 is 1.00 bits per heavy atom. The van der Waals surface area contributed by atoms with Crippen molar-refractivity contribution in [1.82, 2.24) is 5.43 Å². The smallest absolute Gasteiger partial charge is 0.162 e. The van der Waals surface area contributed by atoms with E-state index in [0.717, 1.165) is 12.1 Å². The SMILES string of the molecule is NNC(Cc1cccc(F)c1F)c1c(F)ccc(Br)c1F. The topological polar surface area (TPSA) is 38.0 Å². The van der Waals surface area contributed by atoms with E-state index in [9.17, 15) is 17.6 Å². The number of halogens is 5. The molecular weight excluding hydrogens is 352 g/mol. The highest BCUT2D eigenvalue weighted by Gasteiger charge is 2.23. The van der Waals surface area contributed by atoms with Crippen LogP contribution in [0.3, 0.4) is 0 Å². The minimum atomic E-state index is -1.06. The van der Waals surface area contributed by atoms with Crippen LogP contribution in [0, 0.1) is 23.3 Å². The van der Waals surface area contributed by atoms with E-state index in [4.69, 9.17) is 5.84 Å². The summed E-state index contributed by atoms with van der Waals surface area (Å²) in [5.74, 6) is 1.56. The van der Waals surface area contributed by atoms with Crippen LogP contribution < -0.4 is 11.3 Å². The largest absolute Gasteiger partial charge is 0.271 e. The molecule has 0 aliphatic heterocycles. The molecule has 1 atom stereocenters. The maximum absolute atomic E-state index is 14.0. The third kappa shape index (κ3) is 3.25. The second kappa shape index (κ2) is 6.55. The van der Waals surface area contributed by atoms with Gasteiger partial charge in [0, 0.05) is 5.56 Å². The average Bonchev–Trinajstić information content (AvgIpc) is 2.46. The third-order valence-electron chi connectivity index (χ3n) is 3.08. The molecule has 0 fully saturated rings. The summed E-state index contributed by atoms with van der Waals surface area (Å²) in [7, 11) is 0. The molecular formula is C14H11BrF4N2. The van der Waals surface area contributed by atoms with Crippen molar-refractivity contribution in [2.75, 3.05) is 0 Å².